The maximum absolute atomic E-state index is 13.7. The van der Waals surface area contributed by atoms with E-state index in [4.69, 9.17) is 4.74 Å². The zero-order chi connectivity index (χ0) is 20.3. The monoisotopic (exact) mass is 422 g/mol. The number of carbonyl (C=O) groups excluding carboxylic acids is 1. The van der Waals surface area contributed by atoms with E-state index in [1.807, 2.05) is 0 Å². The first-order valence-electron chi connectivity index (χ1n) is 9.98. The lowest BCUT2D eigenvalue weighted by molar-refractivity contribution is -0.275. The van der Waals surface area contributed by atoms with Crippen LogP contribution in [0.5, 0.6) is 11.5 Å². The Kier molecular flexibility index (Phi) is 7.94. The Morgan fingerprint density at radius 2 is 1.55 bits per heavy atom. The third-order valence-electron chi connectivity index (χ3n) is 6.18. The highest BCUT2D eigenvalue weighted by molar-refractivity contribution is 5.75. The summed E-state index contributed by atoms with van der Waals surface area (Å²) in [7, 11) is 0. The summed E-state index contributed by atoms with van der Waals surface area (Å²) in [6.07, 6.45) is 3.60. The minimum Gasteiger partial charge on any atom is -0.426 e. The Morgan fingerprint density at radius 3 is 2.07 bits per heavy atom. The van der Waals surface area contributed by atoms with E-state index in [1.165, 1.54) is 25.7 Å². The molecule has 0 spiro atoms. The minimum atomic E-state index is -4.98. The van der Waals surface area contributed by atoms with Gasteiger partial charge in [-0.25, -0.2) is 4.39 Å². The van der Waals surface area contributed by atoms with Crippen molar-refractivity contribution in [2.24, 2.45) is 23.7 Å². The van der Waals surface area contributed by atoms with Gasteiger partial charge in [0.1, 0.15) is 5.75 Å². The first-order chi connectivity index (χ1) is 13.2. The Bertz CT molecular complexity index is 684. The number of alkyl halides is 3. The molecule has 1 aromatic carbocycles. The van der Waals surface area contributed by atoms with Crippen molar-refractivity contribution in [3.8, 4) is 11.5 Å². The Labute approximate surface area is 172 Å². The van der Waals surface area contributed by atoms with E-state index in [9.17, 15) is 22.4 Å². The molecule has 3 nitrogen and oxygen atoms in total. The quantitative estimate of drug-likeness (QED) is 0.288. The number of rotatable bonds is 4. The molecule has 1 aromatic rings. The van der Waals surface area contributed by atoms with Crippen molar-refractivity contribution in [2.45, 2.75) is 72.1 Å². The van der Waals surface area contributed by atoms with Crippen LogP contribution in [-0.2, 0) is 4.79 Å². The summed E-state index contributed by atoms with van der Waals surface area (Å²) in [5.41, 5.74) is 0. The molecule has 0 heterocycles. The normalized spacial score (nSPS) is 27.6. The van der Waals surface area contributed by atoms with Gasteiger partial charge in [0.05, 0.1) is 5.92 Å². The van der Waals surface area contributed by atoms with Gasteiger partial charge in [-0.05, 0) is 68.4 Å². The van der Waals surface area contributed by atoms with Crippen LogP contribution in [0.15, 0.2) is 18.2 Å². The molecule has 2 fully saturated rings. The van der Waals surface area contributed by atoms with E-state index in [-0.39, 0.29) is 21.9 Å². The van der Waals surface area contributed by atoms with Gasteiger partial charge in [-0.15, -0.1) is 13.2 Å². The second kappa shape index (κ2) is 9.81. The van der Waals surface area contributed by atoms with Crippen molar-refractivity contribution >= 4 is 5.97 Å². The van der Waals surface area contributed by atoms with Crippen molar-refractivity contribution in [2.75, 3.05) is 0 Å². The van der Waals surface area contributed by atoms with Crippen molar-refractivity contribution in [3.63, 3.8) is 0 Å². The van der Waals surface area contributed by atoms with Crippen LogP contribution >= 0.6 is 0 Å². The fourth-order valence-electron chi connectivity index (χ4n) is 4.54. The first kappa shape index (κ1) is 23.5. The van der Waals surface area contributed by atoms with Crippen LogP contribution in [-0.4, -0.2) is 12.3 Å². The molecular weight excluding hydrogens is 388 g/mol. The van der Waals surface area contributed by atoms with Gasteiger partial charge in [-0.2, -0.15) is 0 Å². The molecule has 0 radical (unpaired) electrons. The molecule has 0 bridgehead atoms. The topological polar surface area (TPSA) is 35.5 Å². The maximum Gasteiger partial charge on any atom is 0.573 e. The van der Waals surface area contributed by atoms with Crippen LogP contribution in [0.2, 0.25) is 0 Å². The lowest BCUT2D eigenvalue weighted by Gasteiger charge is -2.36. The largest absolute Gasteiger partial charge is 0.573 e. The fourth-order valence-corrected chi connectivity index (χ4v) is 4.54. The number of benzene rings is 1. The van der Waals surface area contributed by atoms with Crippen LogP contribution in [0.3, 0.4) is 0 Å². The van der Waals surface area contributed by atoms with Crippen molar-refractivity contribution < 1.29 is 34.7 Å². The summed E-state index contributed by atoms with van der Waals surface area (Å²) in [4.78, 5) is 12.4. The third-order valence-corrected chi connectivity index (χ3v) is 6.18. The molecule has 2 aliphatic rings. The van der Waals surface area contributed by atoms with Gasteiger partial charge in [0, 0.05) is 8.92 Å². The van der Waals surface area contributed by atoms with E-state index in [2.05, 4.69) is 11.7 Å². The van der Waals surface area contributed by atoms with Gasteiger partial charge >= 0.3 is 12.3 Å². The van der Waals surface area contributed by atoms with Crippen molar-refractivity contribution in [1.29, 1.82) is 0 Å². The van der Waals surface area contributed by atoms with E-state index in [0.29, 0.717) is 5.92 Å². The molecule has 0 amide bonds. The second-order valence-corrected chi connectivity index (χ2v) is 8.19. The molecule has 2 saturated carbocycles. The zero-order valence-electron chi connectivity index (χ0n) is 15.9. The minimum absolute atomic E-state index is 0. The van der Waals surface area contributed by atoms with Gasteiger partial charge in [0.15, 0.2) is 11.6 Å². The standard InChI is InChI=1S/C21H26F4O3.CH4.2H2/c1-13-2-4-14(5-3-13)15-6-8-16(9-7-15)20(26)27-17-10-11-19(18(22)12-17)28-21(23,24)25;;;/h10-16H,2-9H2,1H3;1H4;2*1H. The van der Waals surface area contributed by atoms with Gasteiger partial charge in [-0.1, -0.05) is 27.2 Å². The van der Waals surface area contributed by atoms with Crippen LogP contribution < -0.4 is 9.47 Å². The second-order valence-electron chi connectivity index (χ2n) is 8.19. The Morgan fingerprint density at radius 1 is 1.00 bits per heavy atom. The molecule has 0 saturated heterocycles. The average molecular weight is 423 g/mol. The van der Waals surface area contributed by atoms with E-state index < -0.39 is 23.9 Å². The predicted octanol–water partition coefficient (Wildman–Crippen LogP) is 7.39. The molecule has 0 atom stereocenters. The number of halogens is 4. The van der Waals surface area contributed by atoms with Crippen LogP contribution in [0, 0.1) is 29.5 Å². The van der Waals surface area contributed by atoms with Crippen molar-refractivity contribution in [3.05, 3.63) is 24.0 Å². The smallest absolute Gasteiger partial charge is 0.426 e. The zero-order valence-corrected chi connectivity index (χ0v) is 15.9. The van der Waals surface area contributed by atoms with E-state index in [1.54, 1.807) is 0 Å². The summed E-state index contributed by atoms with van der Waals surface area (Å²) in [6.45, 7) is 2.30. The molecule has 0 N–H and O–H groups in total. The number of ether oxygens (including phenoxy) is 2. The van der Waals surface area contributed by atoms with Crippen LogP contribution in [0.1, 0.15) is 68.6 Å². The number of esters is 1. The SMILES string of the molecule is C.CC1CCC(C2CCC(C(=O)Oc3ccc(OC(F)(F)F)c(F)c3)CC2)CC1.[HH].[HH]. The molecule has 7 heteroatoms. The summed E-state index contributed by atoms with van der Waals surface area (Å²) >= 11 is 0. The van der Waals surface area contributed by atoms with Gasteiger partial charge in [0.25, 0.3) is 0 Å². The lowest BCUT2D eigenvalue weighted by atomic mass is 9.69. The Balaban J connectivity index is 0.00000300. The highest BCUT2D eigenvalue weighted by atomic mass is 19.4. The molecule has 3 rings (SSSR count). The van der Waals surface area contributed by atoms with Gasteiger partial charge in [-0.3, -0.25) is 4.79 Å². The summed E-state index contributed by atoms with van der Waals surface area (Å²) in [5, 5.41) is 0. The number of hydrogen-bond donors (Lipinski definition) is 0. The number of carbonyl (C=O) groups is 1. The van der Waals surface area contributed by atoms with Crippen molar-refractivity contribution in [1.82, 2.24) is 0 Å². The predicted molar refractivity (Wildman–Crippen MR) is 106 cm³/mol. The number of hydrogen-bond acceptors (Lipinski definition) is 3. The van der Waals surface area contributed by atoms with E-state index in [0.717, 1.165) is 55.7 Å². The van der Waals surface area contributed by atoms with Crippen LogP contribution in [0.4, 0.5) is 17.6 Å². The highest BCUT2D eigenvalue weighted by Crippen LogP contribution is 2.41. The molecule has 2 aliphatic carbocycles. The lowest BCUT2D eigenvalue weighted by Crippen LogP contribution is -2.29. The third kappa shape index (κ3) is 6.61. The summed E-state index contributed by atoms with van der Waals surface area (Å²) < 4.78 is 59.1. The molecule has 29 heavy (non-hydrogen) atoms. The van der Waals surface area contributed by atoms with Gasteiger partial charge in [0.2, 0.25) is 0 Å². The molecule has 0 aromatic heterocycles. The first-order valence-corrected chi connectivity index (χ1v) is 9.98. The van der Waals surface area contributed by atoms with Crippen LogP contribution in [0.25, 0.3) is 0 Å². The summed E-state index contributed by atoms with van der Waals surface area (Å²) in [6, 6.07) is 2.66. The molecule has 0 unspecified atom stereocenters. The Hall–Kier alpha value is -1.79. The fraction of sp³-hybridized carbons (Fsp3) is 0.682. The van der Waals surface area contributed by atoms with Gasteiger partial charge < -0.3 is 9.47 Å². The highest BCUT2D eigenvalue weighted by Gasteiger charge is 2.34. The van der Waals surface area contributed by atoms with E-state index >= 15 is 0 Å². The average Bonchev–Trinajstić information content (AvgIpc) is 2.64. The maximum atomic E-state index is 13.7. The molecule has 168 valence electrons. The molecule has 0 aliphatic heterocycles. The molecular formula is C22H34F4O3. The summed E-state index contributed by atoms with van der Waals surface area (Å²) in [5.74, 6) is -0.743.